The van der Waals surface area contributed by atoms with Crippen LogP contribution in [-0.4, -0.2) is 22.4 Å². The third-order valence-electron chi connectivity index (χ3n) is 5.24. The van der Waals surface area contributed by atoms with Crippen molar-refractivity contribution in [3.8, 4) is 22.6 Å². The molecule has 0 aliphatic rings. The van der Waals surface area contributed by atoms with E-state index in [1.165, 1.54) is 0 Å². The number of carbonyl (C=O) groups is 1. The van der Waals surface area contributed by atoms with Gasteiger partial charge < -0.3 is 4.74 Å². The summed E-state index contributed by atoms with van der Waals surface area (Å²) in [4.78, 5) is 14.2. The minimum atomic E-state index is -0.404. The number of rotatable bonds is 5. The van der Waals surface area contributed by atoms with Crippen LogP contribution < -0.4 is 9.64 Å². The summed E-state index contributed by atoms with van der Waals surface area (Å²) in [7, 11) is 0. The molecule has 0 N–H and O–H groups in total. The summed E-state index contributed by atoms with van der Waals surface area (Å²) in [5.74, 6) is 0.527. The molecule has 31 heavy (non-hydrogen) atoms. The summed E-state index contributed by atoms with van der Waals surface area (Å²) in [5, 5.41) is 4.75. The summed E-state index contributed by atoms with van der Waals surface area (Å²) in [6, 6.07) is 27.2. The van der Waals surface area contributed by atoms with E-state index < -0.39 is 6.09 Å². The first-order valence-corrected chi connectivity index (χ1v) is 10.3. The van der Waals surface area contributed by atoms with Gasteiger partial charge in [-0.05, 0) is 62.7 Å². The summed E-state index contributed by atoms with van der Waals surface area (Å²) in [6.07, 6.45) is -0.404. The van der Waals surface area contributed by atoms with E-state index in [1.54, 1.807) is 17.0 Å². The normalized spacial score (nSPS) is 10.7. The van der Waals surface area contributed by atoms with Crippen molar-refractivity contribution in [2.75, 3.05) is 11.4 Å². The van der Waals surface area contributed by atoms with Crippen molar-refractivity contribution < 1.29 is 9.53 Å². The Morgan fingerprint density at radius 1 is 0.903 bits per heavy atom. The molecule has 3 aromatic carbocycles. The third kappa shape index (κ3) is 4.21. The van der Waals surface area contributed by atoms with Gasteiger partial charge in [-0.2, -0.15) is 5.10 Å². The molecule has 0 atom stereocenters. The Morgan fingerprint density at radius 3 is 2.13 bits per heavy atom. The van der Waals surface area contributed by atoms with Crippen LogP contribution >= 0.6 is 0 Å². The number of nitrogens with zero attached hydrogens (tertiary/aromatic N) is 3. The van der Waals surface area contributed by atoms with E-state index in [0.29, 0.717) is 12.3 Å². The molecule has 0 aliphatic carbocycles. The summed E-state index contributed by atoms with van der Waals surface area (Å²) in [5.41, 5.74) is 6.07. The van der Waals surface area contributed by atoms with Gasteiger partial charge >= 0.3 is 6.09 Å². The summed E-state index contributed by atoms with van der Waals surface area (Å²) < 4.78 is 7.44. The molecule has 0 unspecified atom stereocenters. The number of hydrogen-bond donors (Lipinski definition) is 0. The molecule has 5 nitrogen and oxygen atoms in total. The van der Waals surface area contributed by atoms with Gasteiger partial charge in [-0.1, -0.05) is 48.5 Å². The lowest BCUT2D eigenvalue weighted by Gasteiger charge is -2.20. The van der Waals surface area contributed by atoms with Crippen LogP contribution in [0, 0.1) is 13.8 Å². The average Bonchev–Trinajstić information content (AvgIpc) is 3.10. The molecule has 0 saturated heterocycles. The second kappa shape index (κ2) is 8.88. The molecule has 0 spiro atoms. The highest BCUT2D eigenvalue weighted by Crippen LogP contribution is 2.29. The predicted octanol–water partition coefficient (Wildman–Crippen LogP) is 6.18. The average molecular weight is 412 g/mol. The lowest BCUT2D eigenvalue weighted by atomic mass is 10.0. The van der Waals surface area contributed by atoms with Crippen molar-refractivity contribution in [3.05, 3.63) is 96.3 Å². The first kappa shape index (κ1) is 20.4. The Balaban J connectivity index is 1.59. The van der Waals surface area contributed by atoms with Crippen LogP contribution in [0.1, 0.15) is 18.3 Å². The summed E-state index contributed by atoms with van der Waals surface area (Å²) >= 11 is 0. The van der Waals surface area contributed by atoms with Gasteiger partial charge in [0.1, 0.15) is 5.75 Å². The zero-order valence-corrected chi connectivity index (χ0v) is 17.9. The molecule has 1 heterocycles. The zero-order chi connectivity index (χ0) is 21.8. The number of aromatic nitrogens is 2. The maximum Gasteiger partial charge on any atom is 0.419 e. The van der Waals surface area contributed by atoms with Crippen LogP contribution in [0.4, 0.5) is 10.5 Å². The molecule has 1 amide bonds. The first-order chi connectivity index (χ1) is 15.1. The standard InChI is InChI=1S/C26H25N3O2/c1-4-28(26(30)31-24-13-9-6-10-14-24)22-15-17-23(18-16-22)29-20(3)25(19(2)27-29)21-11-7-5-8-12-21/h5-18H,4H2,1-3H3. The van der Waals surface area contributed by atoms with Crippen molar-refractivity contribution in [2.45, 2.75) is 20.8 Å². The lowest BCUT2D eigenvalue weighted by molar-refractivity contribution is 0.208. The SMILES string of the molecule is CCN(C(=O)Oc1ccccc1)c1ccc(-n2nc(C)c(-c3ccccc3)c2C)cc1. The second-order valence-corrected chi connectivity index (χ2v) is 7.27. The minimum Gasteiger partial charge on any atom is -0.410 e. The smallest absolute Gasteiger partial charge is 0.410 e. The van der Waals surface area contributed by atoms with E-state index in [9.17, 15) is 4.79 Å². The van der Waals surface area contributed by atoms with Crippen LogP contribution in [-0.2, 0) is 0 Å². The van der Waals surface area contributed by atoms with Gasteiger partial charge in [0.2, 0.25) is 0 Å². The van der Waals surface area contributed by atoms with Crippen LogP contribution in [0.25, 0.3) is 16.8 Å². The summed E-state index contributed by atoms with van der Waals surface area (Å²) in [6.45, 7) is 6.53. The Morgan fingerprint density at radius 2 is 1.52 bits per heavy atom. The topological polar surface area (TPSA) is 47.4 Å². The molecule has 4 rings (SSSR count). The van der Waals surface area contributed by atoms with Crippen LogP contribution in [0.3, 0.4) is 0 Å². The maximum absolute atomic E-state index is 12.6. The molecule has 4 aromatic rings. The molecule has 0 radical (unpaired) electrons. The molecule has 0 aliphatic heterocycles. The minimum absolute atomic E-state index is 0.404. The fourth-order valence-electron chi connectivity index (χ4n) is 3.75. The van der Waals surface area contributed by atoms with Crippen molar-refractivity contribution >= 4 is 11.8 Å². The predicted molar refractivity (Wildman–Crippen MR) is 124 cm³/mol. The number of benzene rings is 3. The number of para-hydroxylation sites is 1. The highest BCUT2D eigenvalue weighted by atomic mass is 16.6. The van der Waals surface area contributed by atoms with E-state index in [-0.39, 0.29) is 0 Å². The van der Waals surface area contributed by atoms with E-state index in [0.717, 1.165) is 33.9 Å². The van der Waals surface area contributed by atoms with Gasteiger partial charge in [0, 0.05) is 23.5 Å². The number of amides is 1. The number of carbonyl (C=O) groups excluding carboxylic acids is 1. The zero-order valence-electron chi connectivity index (χ0n) is 17.9. The van der Waals surface area contributed by atoms with Gasteiger partial charge in [-0.25, -0.2) is 9.48 Å². The van der Waals surface area contributed by atoms with E-state index in [4.69, 9.17) is 9.84 Å². The third-order valence-corrected chi connectivity index (χ3v) is 5.24. The fourth-order valence-corrected chi connectivity index (χ4v) is 3.75. The molecule has 5 heteroatoms. The molecule has 0 saturated carbocycles. The van der Waals surface area contributed by atoms with Gasteiger partial charge in [0.25, 0.3) is 0 Å². The Hall–Kier alpha value is -3.86. The highest BCUT2D eigenvalue weighted by Gasteiger charge is 2.18. The maximum atomic E-state index is 12.6. The monoisotopic (exact) mass is 411 g/mol. The molecular formula is C26H25N3O2. The van der Waals surface area contributed by atoms with Gasteiger partial charge in [0.15, 0.2) is 0 Å². The van der Waals surface area contributed by atoms with E-state index in [2.05, 4.69) is 19.1 Å². The highest BCUT2D eigenvalue weighted by molar-refractivity contribution is 5.89. The number of aryl methyl sites for hydroxylation is 1. The van der Waals surface area contributed by atoms with Crippen molar-refractivity contribution in [2.24, 2.45) is 0 Å². The molecule has 1 aromatic heterocycles. The molecule has 0 bridgehead atoms. The van der Waals surface area contributed by atoms with Crippen LogP contribution in [0.2, 0.25) is 0 Å². The van der Waals surface area contributed by atoms with E-state index >= 15 is 0 Å². The Labute approximate surface area is 182 Å². The number of anilines is 1. The Bertz CT molecular complexity index is 1170. The van der Waals surface area contributed by atoms with E-state index in [1.807, 2.05) is 79.2 Å². The van der Waals surface area contributed by atoms with Crippen molar-refractivity contribution in [1.82, 2.24) is 9.78 Å². The second-order valence-electron chi connectivity index (χ2n) is 7.27. The molecular weight excluding hydrogens is 386 g/mol. The lowest BCUT2D eigenvalue weighted by Crippen LogP contribution is -2.33. The molecule has 156 valence electrons. The number of hydrogen-bond acceptors (Lipinski definition) is 3. The van der Waals surface area contributed by atoms with Gasteiger partial charge in [-0.15, -0.1) is 0 Å². The Kier molecular flexibility index (Phi) is 5.85. The number of ether oxygens (including phenoxy) is 1. The van der Waals surface area contributed by atoms with Gasteiger partial charge in [0.05, 0.1) is 11.4 Å². The van der Waals surface area contributed by atoms with Crippen LogP contribution in [0.5, 0.6) is 5.75 Å². The first-order valence-electron chi connectivity index (χ1n) is 10.3. The van der Waals surface area contributed by atoms with Gasteiger partial charge in [-0.3, -0.25) is 4.90 Å². The van der Waals surface area contributed by atoms with Crippen molar-refractivity contribution in [3.63, 3.8) is 0 Å². The van der Waals surface area contributed by atoms with Crippen LogP contribution in [0.15, 0.2) is 84.9 Å². The van der Waals surface area contributed by atoms with Crippen molar-refractivity contribution in [1.29, 1.82) is 0 Å². The fraction of sp³-hybridized carbons (Fsp3) is 0.154. The molecule has 0 fully saturated rings. The largest absolute Gasteiger partial charge is 0.419 e. The quantitative estimate of drug-likeness (QED) is 0.394.